The average Bonchev–Trinajstić information content (AvgIpc) is 2.74. The van der Waals surface area contributed by atoms with Crippen LogP contribution in [0.1, 0.15) is 80.1 Å². The summed E-state index contributed by atoms with van der Waals surface area (Å²) in [6.07, 6.45) is 8.86. The number of likely N-dealkylation sites (tertiary alicyclic amines) is 1. The quantitative estimate of drug-likeness (QED) is 0.637. The van der Waals surface area contributed by atoms with Gasteiger partial charge in [0.1, 0.15) is 0 Å². The Morgan fingerprint density at radius 3 is 1.84 bits per heavy atom. The summed E-state index contributed by atoms with van der Waals surface area (Å²) in [5.74, 6) is 1.95. The lowest BCUT2D eigenvalue weighted by atomic mass is 9.69. The van der Waals surface area contributed by atoms with E-state index >= 15 is 0 Å². The van der Waals surface area contributed by atoms with E-state index in [1.54, 1.807) is 0 Å². The standard InChI is InChI=1S/C18H35N/c1-17(2,3)16-15(14-10-8-7-9-11-14)12-13-19(16)18(4,5)6/h14-16H,7-13H2,1-6H3. The van der Waals surface area contributed by atoms with Crippen molar-refractivity contribution in [1.82, 2.24) is 4.90 Å². The van der Waals surface area contributed by atoms with Gasteiger partial charge in [-0.05, 0) is 51.0 Å². The Hall–Kier alpha value is -0.0400. The predicted molar refractivity (Wildman–Crippen MR) is 84.4 cm³/mol. The van der Waals surface area contributed by atoms with Gasteiger partial charge >= 0.3 is 0 Å². The Labute approximate surface area is 121 Å². The topological polar surface area (TPSA) is 3.24 Å². The summed E-state index contributed by atoms with van der Waals surface area (Å²) in [5, 5.41) is 0. The zero-order valence-electron chi connectivity index (χ0n) is 14.1. The van der Waals surface area contributed by atoms with Crippen LogP contribution in [0.25, 0.3) is 0 Å². The summed E-state index contributed by atoms with van der Waals surface area (Å²) in [5.41, 5.74) is 0.729. The van der Waals surface area contributed by atoms with E-state index in [1.807, 2.05) is 0 Å². The molecule has 0 spiro atoms. The minimum atomic E-state index is 0.321. The summed E-state index contributed by atoms with van der Waals surface area (Å²) < 4.78 is 0. The second-order valence-electron chi connectivity index (χ2n) is 9.03. The van der Waals surface area contributed by atoms with Crippen molar-refractivity contribution in [3.8, 4) is 0 Å². The van der Waals surface area contributed by atoms with Crippen molar-refractivity contribution in [2.24, 2.45) is 17.3 Å². The lowest BCUT2D eigenvalue weighted by Crippen LogP contribution is -2.52. The summed E-state index contributed by atoms with van der Waals surface area (Å²) in [6.45, 7) is 15.9. The van der Waals surface area contributed by atoms with Gasteiger partial charge in [0.2, 0.25) is 0 Å². The van der Waals surface area contributed by atoms with E-state index in [9.17, 15) is 0 Å². The maximum absolute atomic E-state index is 2.81. The second kappa shape index (κ2) is 5.39. The Bertz CT molecular complexity index is 288. The van der Waals surface area contributed by atoms with Gasteiger partial charge in [-0.3, -0.25) is 4.90 Å². The van der Waals surface area contributed by atoms with E-state index < -0.39 is 0 Å². The van der Waals surface area contributed by atoms with Gasteiger partial charge in [0, 0.05) is 11.6 Å². The molecule has 1 heteroatoms. The van der Waals surface area contributed by atoms with Gasteiger partial charge < -0.3 is 0 Å². The molecule has 1 heterocycles. The fraction of sp³-hybridized carbons (Fsp3) is 1.00. The van der Waals surface area contributed by atoms with Crippen LogP contribution in [-0.4, -0.2) is 23.0 Å². The van der Waals surface area contributed by atoms with Crippen LogP contribution in [0.4, 0.5) is 0 Å². The van der Waals surface area contributed by atoms with Crippen molar-refractivity contribution in [1.29, 1.82) is 0 Å². The lowest BCUT2D eigenvalue weighted by molar-refractivity contribution is 0.0215. The van der Waals surface area contributed by atoms with Gasteiger partial charge in [-0.2, -0.15) is 0 Å². The molecule has 0 radical (unpaired) electrons. The largest absolute Gasteiger partial charge is 0.295 e. The molecule has 2 rings (SSSR count). The molecule has 1 nitrogen and oxygen atoms in total. The van der Waals surface area contributed by atoms with Gasteiger partial charge in [0.05, 0.1) is 0 Å². The molecule has 1 aliphatic heterocycles. The molecule has 2 unspecified atom stereocenters. The first-order valence-electron chi connectivity index (χ1n) is 8.48. The molecular weight excluding hydrogens is 230 g/mol. The molecule has 0 aromatic carbocycles. The van der Waals surface area contributed by atoms with Crippen LogP contribution in [-0.2, 0) is 0 Å². The number of hydrogen-bond donors (Lipinski definition) is 0. The third-order valence-corrected chi connectivity index (χ3v) is 5.45. The third-order valence-electron chi connectivity index (χ3n) is 5.45. The van der Waals surface area contributed by atoms with Crippen molar-refractivity contribution in [3.63, 3.8) is 0 Å². The van der Waals surface area contributed by atoms with E-state index in [0.717, 1.165) is 17.9 Å². The molecule has 0 aromatic heterocycles. The Kier molecular flexibility index (Phi) is 4.35. The fourth-order valence-electron chi connectivity index (χ4n) is 4.73. The molecule has 2 fully saturated rings. The van der Waals surface area contributed by atoms with E-state index in [0.29, 0.717) is 11.0 Å². The molecule has 1 saturated heterocycles. The highest BCUT2D eigenvalue weighted by Crippen LogP contribution is 2.46. The van der Waals surface area contributed by atoms with Crippen LogP contribution >= 0.6 is 0 Å². The maximum atomic E-state index is 2.81. The van der Waals surface area contributed by atoms with Gasteiger partial charge in [0.25, 0.3) is 0 Å². The van der Waals surface area contributed by atoms with Crippen molar-refractivity contribution in [2.75, 3.05) is 6.54 Å². The second-order valence-corrected chi connectivity index (χ2v) is 9.03. The van der Waals surface area contributed by atoms with Crippen molar-refractivity contribution in [2.45, 2.75) is 91.6 Å². The van der Waals surface area contributed by atoms with Crippen molar-refractivity contribution >= 4 is 0 Å². The number of nitrogens with zero attached hydrogens (tertiary/aromatic N) is 1. The molecule has 0 N–H and O–H groups in total. The summed E-state index contributed by atoms with van der Waals surface area (Å²) in [4.78, 5) is 2.81. The normalized spacial score (nSPS) is 31.9. The zero-order valence-corrected chi connectivity index (χ0v) is 14.1. The molecule has 19 heavy (non-hydrogen) atoms. The molecule has 0 amide bonds. The minimum absolute atomic E-state index is 0.321. The van der Waals surface area contributed by atoms with Crippen LogP contribution in [0.2, 0.25) is 0 Å². The van der Waals surface area contributed by atoms with Crippen LogP contribution in [0.5, 0.6) is 0 Å². The first-order valence-corrected chi connectivity index (χ1v) is 8.48. The fourth-order valence-corrected chi connectivity index (χ4v) is 4.73. The molecule has 0 bridgehead atoms. The summed E-state index contributed by atoms with van der Waals surface area (Å²) in [6, 6.07) is 0.774. The molecular formula is C18H35N. The van der Waals surface area contributed by atoms with Gasteiger partial charge in [-0.1, -0.05) is 52.9 Å². The molecule has 1 aliphatic carbocycles. The van der Waals surface area contributed by atoms with Crippen LogP contribution in [0.15, 0.2) is 0 Å². The van der Waals surface area contributed by atoms with Crippen LogP contribution < -0.4 is 0 Å². The van der Waals surface area contributed by atoms with Gasteiger partial charge in [-0.15, -0.1) is 0 Å². The first-order chi connectivity index (χ1) is 8.71. The van der Waals surface area contributed by atoms with Crippen LogP contribution in [0.3, 0.4) is 0 Å². The Morgan fingerprint density at radius 2 is 1.37 bits per heavy atom. The van der Waals surface area contributed by atoms with E-state index in [1.165, 1.54) is 45.1 Å². The third kappa shape index (κ3) is 3.35. The highest BCUT2D eigenvalue weighted by atomic mass is 15.2. The Morgan fingerprint density at radius 1 is 0.789 bits per heavy atom. The maximum Gasteiger partial charge on any atom is 0.0180 e. The molecule has 0 aromatic rings. The van der Waals surface area contributed by atoms with E-state index in [-0.39, 0.29) is 0 Å². The van der Waals surface area contributed by atoms with Gasteiger partial charge in [-0.25, -0.2) is 0 Å². The minimum Gasteiger partial charge on any atom is -0.295 e. The van der Waals surface area contributed by atoms with E-state index in [2.05, 4.69) is 46.4 Å². The predicted octanol–water partition coefficient (Wildman–Crippen LogP) is 5.10. The number of rotatable bonds is 1. The SMILES string of the molecule is CC(C)(C)C1C(C2CCCCC2)CCN1C(C)(C)C. The highest BCUT2D eigenvalue weighted by Gasteiger charge is 2.47. The summed E-state index contributed by atoms with van der Waals surface area (Å²) in [7, 11) is 0. The number of hydrogen-bond acceptors (Lipinski definition) is 1. The van der Waals surface area contributed by atoms with E-state index in [4.69, 9.17) is 0 Å². The van der Waals surface area contributed by atoms with Crippen molar-refractivity contribution in [3.05, 3.63) is 0 Å². The molecule has 2 aliphatic rings. The molecule has 2 atom stereocenters. The van der Waals surface area contributed by atoms with Crippen molar-refractivity contribution < 1.29 is 0 Å². The zero-order chi connectivity index (χ0) is 14.3. The van der Waals surface area contributed by atoms with Crippen LogP contribution in [0, 0.1) is 17.3 Å². The summed E-state index contributed by atoms with van der Waals surface area (Å²) >= 11 is 0. The van der Waals surface area contributed by atoms with Gasteiger partial charge in [0.15, 0.2) is 0 Å². The monoisotopic (exact) mass is 265 g/mol. The Balaban J connectivity index is 2.19. The lowest BCUT2D eigenvalue weighted by Gasteiger charge is -2.47. The highest BCUT2D eigenvalue weighted by molar-refractivity contribution is 5.01. The molecule has 1 saturated carbocycles. The molecule has 112 valence electrons. The average molecular weight is 265 g/mol. The first kappa shape index (κ1) is 15.4. The smallest absolute Gasteiger partial charge is 0.0180 e.